The summed E-state index contributed by atoms with van der Waals surface area (Å²) in [5.74, 6) is -0.0713. The molecule has 120 valence electrons. The van der Waals surface area contributed by atoms with Crippen LogP contribution in [-0.4, -0.2) is 40.4 Å². The van der Waals surface area contributed by atoms with Gasteiger partial charge in [-0.05, 0) is 30.2 Å². The van der Waals surface area contributed by atoms with Crippen LogP contribution in [0.25, 0.3) is 0 Å². The maximum Gasteiger partial charge on any atom is 0.339 e. The van der Waals surface area contributed by atoms with Crippen molar-refractivity contribution in [2.75, 3.05) is 18.1 Å². The number of aromatic carboxylic acids is 1. The first kappa shape index (κ1) is 15.3. The highest BCUT2D eigenvalue weighted by Gasteiger charge is 2.31. The summed E-state index contributed by atoms with van der Waals surface area (Å²) in [7, 11) is 0. The van der Waals surface area contributed by atoms with Gasteiger partial charge < -0.3 is 19.8 Å². The van der Waals surface area contributed by atoms with Crippen LogP contribution in [0, 0.1) is 0 Å². The Morgan fingerprint density at radius 1 is 1.39 bits per heavy atom. The zero-order valence-corrected chi connectivity index (χ0v) is 12.8. The maximum absolute atomic E-state index is 11.4. The number of pyridine rings is 1. The average molecular weight is 314 g/mol. The Labute approximate surface area is 134 Å². The molecule has 6 heteroatoms. The highest BCUT2D eigenvalue weighted by Crippen LogP contribution is 2.40. The monoisotopic (exact) mass is 314 g/mol. The first-order valence-corrected chi connectivity index (χ1v) is 7.49. The van der Waals surface area contributed by atoms with E-state index in [4.69, 9.17) is 4.74 Å². The molecule has 2 heterocycles. The van der Waals surface area contributed by atoms with Gasteiger partial charge in [0.25, 0.3) is 0 Å². The van der Waals surface area contributed by atoms with Crippen molar-refractivity contribution in [1.29, 1.82) is 0 Å². The largest absolute Gasteiger partial charge is 0.488 e. The van der Waals surface area contributed by atoms with Gasteiger partial charge in [0.15, 0.2) is 5.75 Å². The zero-order valence-electron chi connectivity index (χ0n) is 12.8. The van der Waals surface area contributed by atoms with Crippen LogP contribution in [-0.2, 0) is 6.42 Å². The van der Waals surface area contributed by atoms with Crippen molar-refractivity contribution >= 4 is 17.5 Å². The third kappa shape index (κ3) is 2.73. The fourth-order valence-electron chi connectivity index (χ4n) is 2.70. The van der Waals surface area contributed by atoms with Crippen LogP contribution < -0.4 is 9.64 Å². The number of aliphatic hydroxyl groups is 1. The highest BCUT2D eigenvalue weighted by atomic mass is 16.5. The van der Waals surface area contributed by atoms with Gasteiger partial charge in [-0.25, -0.2) is 9.78 Å². The van der Waals surface area contributed by atoms with Gasteiger partial charge in [0.05, 0.1) is 18.3 Å². The molecule has 0 radical (unpaired) electrons. The maximum atomic E-state index is 11.4. The van der Waals surface area contributed by atoms with E-state index in [1.54, 1.807) is 18.3 Å². The van der Waals surface area contributed by atoms with Crippen molar-refractivity contribution in [3.63, 3.8) is 0 Å². The van der Waals surface area contributed by atoms with Crippen molar-refractivity contribution in [3.05, 3.63) is 47.7 Å². The molecular formula is C17H18N2O4. The molecule has 0 unspecified atom stereocenters. The second-order valence-corrected chi connectivity index (χ2v) is 5.35. The molecule has 6 nitrogen and oxygen atoms in total. The molecule has 0 saturated heterocycles. The predicted octanol–water partition coefficient (Wildman–Crippen LogP) is 2.23. The number of aliphatic hydroxyl groups excluding tert-OH is 1. The van der Waals surface area contributed by atoms with E-state index in [1.807, 2.05) is 17.0 Å². The number of rotatable bonds is 4. The number of carbonyl (C=O) groups is 1. The van der Waals surface area contributed by atoms with Crippen LogP contribution in [0.5, 0.6) is 5.75 Å². The second kappa shape index (κ2) is 6.26. The Bertz CT molecular complexity index is 715. The van der Waals surface area contributed by atoms with Crippen molar-refractivity contribution in [2.45, 2.75) is 19.4 Å². The van der Waals surface area contributed by atoms with E-state index in [1.165, 1.54) is 6.07 Å². The molecule has 23 heavy (non-hydrogen) atoms. The lowest BCUT2D eigenvalue weighted by molar-refractivity contribution is 0.0690. The molecule has 0 fully saturated rings. The van der Waals surface area contributed by atoms with E-state index in [-0.39, 0.29) is 24.8 Å². The number of carboxylic acid groups (broad SMARTS) is 1. The van der Waals surface area contributed by atoms with E-state index < -0.39 is 5.97 Å². The number of para-hydroxylation sites is 1. The van der Waals surface area contributed by atoms with E-state index in [0.717, 1.165) is 12.0 Å². The molecular weight excluding hydrogens is 296 g/mol. The summed E-state index contributed by atoms with van der Waals surface area (Å²) >= 11 is 0. The lowest BCUT2D eigenvalue weighted by Crippen LogP contribution is -2.43. The summed E-state index contributed by atoms with van der Waals surface area (Å²) in [5, 5.41) is 19.0. The Morgan fingerprint density at radius 3 is 2.83 bits per heavy atom. The molecule has 1 aliphatic heterocycles. The lowest BCUT2D eigenvalue weighted by atomic mass is 10.1. The van der Waals surface area contributed by atoms with Crippen molar-refractivity contribution < 1.29 is 19.7 Å². The lowest BCUT2D eigenvalue weighted by Gasteiger charge is -2.37. The van der Waals surface area contributed by atoms with Gasteiger partial charge in [-0.1, -0.05) is 19.1 Å². The number of hydrogen-bond donors (Lipinski definition) is 2. The van der Waals surface area contributed by atoms with Crippen LogP contribution in [0.15, 0.2) is 36.5 Å². The van der Waals surface area contributed by atoms with Crippen LogP contribution in [0.3, 0.4) is 0 Å². The number of hydrogen-bond acceptors (Lipinski definition) is 5. The van der Waals surface area contributed by atoms with Gasteiger partial charge >= 0.3 is 5.97 Å². The number of nitrogens with zero attached hydrogens (tertiary/aromatic N) is 2. The molecule has 0 bridgehead atoms. The number of carboxylic acids is 1. The third-order valence-corrected chi connectivity index (χ3v) is 3.94. The van der Waals surface area contributed by atoms with Gasteiger partial charge in [-0.15, -0.1) is 0 Å². The van der Waals surface area contributed by atoms with E-state index >= 15 is 0 Å². The van der Waals surface area contributed by atoms with Gasteiger partial charge in [0.2, 0.25) is 0 Å². The molecule has 2 aromatic rings. The van der Waals surface area contributed by atoms with Gasteiger partial charge in [0.1, 0.15) is 18.0 Å². The van der Waals surface area contributed by atoms with Crippen LogP contribution in [0.4, 0.5) is 11.5 Å². The first-order chi connectivity index (χ1) is 11.2. The number of aryl methyl sites for hydroxylation is 1. The summed E-state index contributed by atoms with van der Waals surface area (Å²) in [5.41, 5.74) is 1.82. The van der Waals surface area contributed by atoms with Gasteiger partial charge in [-0.3, -0.25) is 0 Å². The number of ether oxygens (including phenoxy) is 1. The molecule has 1 aliphatic rings. The molecule has 0 amide bonds. The molecule has 0 saturated carbocycles. The molecule has 1 aromatic heterocycles. The van der Waals surface area contributed by atoms with E-state index in [9.17, 15) is 15.0 Å². The first-order valence-electron chi connectivity index (χ1n) is 7.49. The number of fused-ring (bicyclic) bond motifs is 1. The summed E-state index contributed by atoms with van der Waals surface area (Å²) in [6.07, 6.45) is 2.68. The van der Waals surface area contributed by atoms with Crippen molar-refractivity contribution in [2.24, 2.45) is 0 Å². The number of benzene rings is 1. The minimum absolute atomic E-state index is 0.106. The predicted molar refractivity (Wildman–Crippen MR) is 85.5 cm³/mol. The Morgan fingerprint density at radius 2 is 2.22 bits per heavy atom. The minimum Gasteiger partial charge on any atom is -0.488 e. The second-order valence-electron chi connectivity index (χ2n) is 5.35. The fourth-order valence-corrected chi connectivity index (χ4v) is 2.70. The van der Waals surface area contributed by atoms with Gasteiger partial charge in [0, 0.05) is 6.20 Å². The molecule has 3 rings (SSSR count). The Kier molecular flexibility index (Phi) is 4.16. The number of aromatic nitrogens is 1. The molecule has 1 aromatic carbocycles. The SMILES string of the molecule is CCc1ccc(N2c3cccc(C(=O)O)c3OC[C@@H]2CO)nc1. The van der Waals surface area contributed by atoms with E-state index in [0.29, 0.717) is 17.3 Å². The Hall–Kier alpha value is -2.60. The topological polar surface area (TPSA) is 82.9 Å². The third-order valence-electron chi connectivity index (χ3n) is 3.94. The molecule has 0 spiro atoms. The smallest absolute Gasteiger partial charge is 0.339 e. The van der Waals surface area contributed by atoms with E-state index in [2.05, 4.69) is 11.9 Å². The number of anilines is 2. The highest BCUT2D eigenvalue weighted by molar-refractivity contribution is 5.94. The molecule has 2 N–H and O–H groups in total. The summed E-state index contributed by atoms with van der Waals surface area (Å²) < 4.78 is 5.61. The Balaban J connectivity index is 2.10. The van der Waals surface area contributed by atoms with Crippen LogP contribution >= 0.6 is 0 Å². The quantitative estimate of drug-likeness (QED) is 0.900. The standard InChI is InChI=1S/C17H18N2O4/c1-2-11-6-7-15(18-8-11)19-12(9-20)10-23-16-13(17(21)22)4-3-5-14(16)19/h3-8,12,20H,2,9-10H2,1H3,(H,21,22)/t12-/m0/s1. The summed E-state index contributed by atoms with van der Waals surface area (Å²) in [6.45, 7) is 2.13. The summed E-state index contributed by atoms with van der Waals surface area (Å²) in [4.78, 5) is 17.7. The normalized spacial score (nSPS) is 16.6. The van der Waals surface area contributed by atoms with Crippen LogP contribution in [0.2, 0.25) is 0 Å². The van der Waals surface area contributed by atoms with Crippen molar-refractivity contribution in [1.82, 2.24) is 4.98 Å². The zero-order chi connectivity index (χ0) is 16.4. The van der Waals surface area contributed by atoms with Crippen molar-refractivity contribution in [3.8, 4) is 5.75 Å². The fraction of sp³-hybridized carbons (Fsp3) is 0.294. The molecule has 0 aliphatic carbocycles. The summed E-state index contributed by atoms with van der Waals surface area (Å²) in [6, 6.07) is 8.49. The molecule has 1 atom stereocenters. The minimum atomic E-state index is -1.04. The van der Waals surface area contributed by atoms with Crippen LogP contribution in [0.1, 0.15) is 22.8 Å². The average Bonchev–Trinajstić information content (AvgIpc) is 2.60. The van der Waals surface area contributed by atoms with Gasteiger partial charge in [-0.2, -0.15) is 0 Å².